The predicted octanol–water partition coefficient (Wildman–Crippen LogP) is 3.38. The van der Waals surface area contributed by atoms with E-state index in [0.29, 0.717) is 0 Å². The van der Waals surface area contributed by atoms with E-state index in [0.717, 1.165) is 11.8 Å². The molecule has 0 aromatic heterocycles. The molecule has 2 bridgehead atoms. The van der Waals surface area contributed by atoms with Gasteiger partial charge in [-0.3, -0.25) is 4.79 Å². The fourth-order valence-electron chi connectivity index (χ4n) is 3.35. The number of fused-ring (bicyclic) bond motifs is 4. The van der Waals surface area contributed by atoms with Crippen LogP contribution in [0.3, 0.4) is 0 Å². The Morgan fingerprint density at radius 1 is 1.40 bits per heavy atom. The molecule has 2 heteroatoms. The van der Waals surface area contributed by atoms with Crippen molar-refractivity contribution in [2.75, 3.05) is 0 Å². The van der Waals surface area contributed by atoms with Crippen molar-refractivity contribution in [2.45, 2.75) is 51.9 Å². The first-order valence-electron chi connectivity index (χ1n) is 6.15. The highest BCUT2D eigenvalue weighted by atomic mass is 16.4. The molecule has 3 aliphatic carbocycles. The monoisotopic (exact) mass is 208 g/mol. The van der Waals surface area contributed by atoms with E-state index in [9.17, 15) is 4.79 Å². The van der Waals surface area contributed by atoms with E-state index >= 15 is 0 Å². The van der Waals surface area contributed by atoms with Crippen LogP contribution in [0, 0.1) is 11.8 Å². The third-order valence-electron chi connectivity index (χ3n) is 4.06. The van der Waals surface area contributed by atoms with Gasteiger partial charge in [0.05, 0.1) is 0 Å². The smallest absolute Gasteiger partial charge is 0.303 e. The van der Waals surface area contributed by atoms with E-state index in [1.807, 2.05) is 11.1 Å². The zero-order valence-corrected chi connectivity index (χ0v) is 9.46. The fourth-order valence-corrected chi connectivity index (χ4v) is 3.35. The van der Waals surface area contributed by atoms with Crippen LogP contribution in [0.1, 0.15) is 51.9 Å². The Hall–Kier alpha value is -0.790. The van der Waals surface area contributed by atoms with Crippen LogP contribution in [0.25, 0.3) is 0 Å². The third kappa shape index (κ3) is 2.09. The van der Waals surface area contributed by atoms with Crippen LogP contribution in [0.4, 0.5) is 0 Å². The Kier molecular flexibility index (Phi) is 3.13. The van der Waals surface area contributed by atoms with Crippen molar-refractivity contribution < 1.29 is 9.90 Å². The van der Waals surface area contributed by atoms with Crippen LogP contribution >= 0.6 is 0 Å². The van der Waals surface area contributed by atoms with Crippen molar-refractivity contribution in [3.05, 3.63) is 11.1 Å². The van der Waals surface area contributed by atoms with Gasteiger partial charge >= 0.3 is 5.97 Å². The molecule has 0 aromatic rings. The van der Waals surface area contributed by atoms with Crippen molar-refractivity contribution in [3.8, 4) is 0 Å². The fraction of sp³-hybridized carbons (Fsp3) is 0.769. The number of carboxylic acid groups (broad SMARTS) is 1. The number of aliphatic carboxylic acids is 1. The van der Waals surface area contributed by atoms with Crippen LogP contribution in [0.2, 0.25) is 0 Å². The van der Waals surface area contributed by atoms with Gasteiger partial charge in [0.1, 0.15) is 0 Å². The van der Waals surface area contributed by atoms with Gasteiger partial charge < -0.3 is 5.11 Å². The number of carbonyl (C=O) groups is 1. The summed E-state index contributed by atoms with van der Waals surface area (Å²) in [5.74, 6) is 1.46. The Balaban J connectivity index is 0.000000149. The molecule has 84 valence electrons. The van der Waals surface area contributed by atoms with Crippen LogP contribution in [-0.2, 0) is 4.79 Å². The minimum Gasteiger partial charge on any atom is -0.481 e. The number of rotatable bonds is 1. The maximum atomic E-state index is 9.37. The molecule has 0 saturated heterocycles. The second-order valence-corrected chi connectivity index (χ2v) is 4.88. The SMILES string of the molecule is C1CC2=C3CCC(C3)C2C1.CCC(=O)O. The summed E-state index contributed by atoms with van der Waals surface area (Å²) in [5, 5.41) is 7.72. The second-order valence-electron chi connectivity index (χ2n) is 4.88. The van der Waals surface area contributed by atoms with E-state index in [4.69, 9.17) is 5.11 Å². The molecule has 0 amide bonds. The van der Waals surface area contributed by atoms with Gasteiger partial charge in [0, 0.05) is 6.42 Å². The van der Waals surface area contributed by atoms with E-state index in [1.165, 1.54) is 38.5 Å². The minimum atomic E-state index is -0.745. The van der Waals surface area contributed by atoms with Crippen LogP contribution in [0.15, 0.2) is 11.1 Å². The van der Waals surface area contributed by atoms with E-state index in [1.54, 1.807) is 6.92 Å². The van der Waals surface area contributed by atoms with Gasteiger partial charge in [0.25, 0.3) is 0 Å². The molecular formula is C13H20O2. The van der Waals surface area contributed by atoms with E-state index < -0.39 is 5.97 Å². The minimum absolute atomic E-state index is 0.222. The average Bonchev–Trinajstić information content (AvgIpc) is 2.91. The Morgan fingerprint density at radius 2 is 2.13 bits per heavy atom. The van der Waals surface area contributed by atoms with Gasteiger partial charge in [-0.15, -0.1) is 0 Å². The zero-order valence-electron chi connectivity index (χ0n) is 9.46. The van der Waals surface area contributed by atoms with Crippen molar-refractivity contribution >= 4 is 5.97 Å². The lowest BCUT2D eigenvalue weighted by Gasteiger charge is -2.16. The molecule has 2 unspecified atom stereocenters. The lowest BCUT2D eigenvalue weighted by molar-refractivity contribution is -0.136. The number of allylic oxidation sites excluding steroid dienone is 2. The predicted molar refractivity (Wildman–Crippen MR) is 59.6 cm³/mol. The molecule has 0 heterocycles. The summed E-state index contributed by atoms with van der Waals surface area (Å²) in [6.45, 7) is 1.60. The van der Waals surface area contributed by atoms with Crippen LogP contribution < -0.4 is 0 Å². The molecule has 2 fully saturated rings. The molecule has 15 heavy (non-hydrogen) atoms. The summed E-state index contributed by atoms with van der Waals surface area (Å²) < 4.78 is 0. The highest BCUT2D eigenvalue weighted by Crippen LogP contribution is 2.54. The molecule has 2 nitrogen and oxygen atoms in total. The zero-order chi connectivity index (χ0) is 10.8. The maximum Gasteiger partial charge on any atom is 0.303 e. The normalized spacial score (nSPS) is 31.3. The Labute approximate surface area is 91.4 Å². The van der Waals surface area contributed by atoms with Gasteiger partial charge in [-0.1, -0.05) is 18.1 Å². The number of hydrogen-bond donors (Lipinski definition) is 1. The van der Waals surface area contributed by atoms with Gasteiger partial charge in [-0.05, 0) is 50.4 Å². The van der Waals surface area contributed by atoms with Crippen molar-refractivity contribution in [2.24, 2.45) is 11.8 Å². The lowest BCUT2D eigenvalue weighted by Crippen LogP contribution is -2.06. The van der Waals surface area contributed by atoms with Crippen molar-refractivity contribution in [1.82, 2.24) is 0 Å². The Morgan fingerprint density at radius 3 is 2.73 bits per heavy atom. The van der Waals surface area contributed by atoms with Crippen LogP contribution in [-0.4, -0.2) is 11.1 Å². The molecule has 0 spiro atoms. The summed E-state index contributed by atoms with van der Waals surface area (Å²) in [6, 6.07) is 0. The molecule has 0 radical (unpaired) electrons. The van der Waals surface area contributed by atoms with Crippen molar-refractivity contribution in [1.29, 1.82) is 0 Å². The summed E-state index contributed by atoms with van der Waals surface area (Å²) in [5.41, 5.74) is 3.80. The summed E-state index contributed by atoms with van der Waals surface area (Å²) in [6.07, 6.45) is 9.22. The highest BCUT2D eigenvalue weighted by Gasteiger charge is 2.40. The molecule has 2 saturated carbocycles. The molecule has 3 aliphatic rings. The van der Waals surface area contributed by atoms with Gasteiger partial charge in [-0.2, -0.15) is 0 Å². The van der Waals surface area contributed by atoms with E-state index in [-0.39, 0.29) is 6.42 Å². The topological polar surface area (TPSA) is 37.3 Å². The molecule has 1 N–H and O–H groups in total. The van der Waals surface area contributed by atoms with Gasteiger partial charge in [0.2, 0.25) is 0 Å². The molecule has 0 aliphatic heterocycles. The standard InChI is InChI=1S/C10H14.C3H6O2/c1-2-9-7-4-5-8(6-7)10(9)3-1;1-2-3(4)5/h7,9H,1-6H2;2H2,1H3,(H,4,5). The molecule has 3 rings (SSSR count). The molecular weight excluding hydrogens is 188 g/mol. The van der Waals surface area contributed by atoms with E-state index in [2.05, 4.69) is 0 Å². The molecule has 2 atom stereocenters. The lowest BCUT2D eigenvalue weighted by atomic mass is 9.89. The third-order valence-corrected chi connectivity index (χ3v) is 4.06. The number of carboxylic acids is 1. The Bertz CT molecular complexity index is 291. The van der Waals surface area contributed by atoms with Crippen LogP contribution in [0.5, 0.6) is 0 Å². The highest BCUT2D eigenvalue weighted by molar-refractivity contribution is 5.66. The number of hydrogen-bond acceptors (Lipinski definition) is 1. The largest absolute Gasteiger partial charge is 0.481 e. The van der Waals surface area contributed by atoms with Gasteiger partial charge in [0.15, 0.2) is 0 Å². The summed E-state index contributed by atoms with van der Waals surface area (Å²) in [7, 11) is 0. The first kappa shape index (κ1) is 10.7. The summed E-state index contributed by atoms with van der Waals surface area (Å²) in [4.78, 5) is 9.37. The van der Waals surface area contributed by atoms with Gasteiger partial charge in [-0.25, -0.2) is 0 Å². The molecule has 0 aromatic carbocycles. The average molecular weight is 208 g/mol. The second kappa shape index (κ2) is 4.38. The first-order valence-corrected chi connectivity index (χ1v) is 6.15. The first-order chi connectivity index (χ1) is 7.22. The quantitative estimate of drug-likeness (QED) is 0.671. The maximum absolute atomic E-state index is 9.37. The summed E-state index contributed by atoms with van der Waals surface area (Å²) >= 11 is 0. The van der Waals surface area contributed by atoms with Crippen molar-refractivity contribution in [3.63, 3.8) is 0 Å².